The number of nitrogens with one attached hydrogen (secondary N) is 2. The van der Waals surface area contributed by atoms with Crippen LogP contribution in [0.15, 0.2) is 71.6 Å². The van der Waals surface area contributed by atoms with Crippen LogP contribution in [0.1, 0.15) is 18.1 Å². The number of aryl methyl sites for hydroxylation is 1. The van der Waals surface area contributed by atoms with Crippen molar-refractivity contribution in [2.45, 2.75) is 25.3 Å². The maximum atomic E-state index is 12.7. The number of rotatable bonds is 10. The molecular formula is C24H25ClN2O5S. The zero-order valence-corrected chi connectivity index (χ0v) is 19.9. The summed E-state index contributed by atoms with van der Waals surface area (Å²) < 4.78 is 38.9. The number of hydrogen-bond acceptors (Lipinski definition) is 5. The molecule has 0 aliphatic heterocycles. The summed E-state index contributed by atoms with van der Waals surface area (Å²) in [6.45, 7) is 4.29. The van der Waals surface area contributed by atoms with Gasteiger partial charge in [0.1, 0.15) is 11.5 Å². The number of carbonyl (C=O) groups excluding carboxylic acids is 1. The molecule has 0 fully saturated rings. The molecule has 3 aromatic rings. The van der Waals surface area contributed by atoms with E-state index < -0.39 is 10.0 Å². The van der Waals surface area contributed by atoms with E-state index in [1.54, 1.807) is 43.3 Å². The van der Waals surface area contributed by atoms with Gasteiger partial charge in [0.2, 0.25) is 0 Å². The number of ether oxygens (including phenoxy) is 2. The minimum absolute atomic E-state index is 0.0911. The molecule has 9 heteroatoms. The molecule has 2 N–H and O–H groups in total. The van der Waals surface area contributed by atoms with Crippen LogP contribution >= 0.6 is 11.6 Å². The molecule has 7 nitrogen and oxygen atoms in total. The molecule has 0 radical (unpaired) electrons. The van der Waals surface area contributed by atoms with Crippen molar-refractivity contribution in [1.29, 1.82) is 0 Å². The number of benzene rings is 3. The van der Waals surface area contributed by atoms with E-state index in [2.05, 4.69) is 10.0 Å². The van der Waals surface area contributed by atoms with Gasteiger partial charge in [0.05, 0.1) is 11.5 Å². The van der Waals surface area contributed by atoms with Crippen LogP contribution in [0.25, 0.3) is 0 Å². The van der Waals surface area contributed by atoms with Crippen LogP contribution in [0, 0.1) is 6.92 Å². The summed E-state index contributed by atoms with van der Waals surface area (Å²) in [5.74, 6) is 0.796. The van der Waals surface area contributed by atoms with Crippen molar-refractivity contribution in [2.75, 3.05) is 17.9 Å². The molecule has 0 saturated heterocycles. The van der Waals surface area contributed by atoms with Gasteiger partial charge < -0.3 is 14.8 Å². The fourth-order valence-corrected chi connectivity index (χ4v) is 4.22. The SMILES string of the molecule is CCOc1ccc(NS(=O)(=O)c2ccc(OCC(=O)NCc3ccc(Cl)cc3)c(C)c2)cc1. The molecule has 3 rings (SSSR count). The number of sulfonamides is 1. The molecule has 0 atom stereocenters. The Kier molecular flexibility index (Phi) is 8.19. The van der Waals surface area contributed by atoms with E-state index in [4.69, 9.17) is 21.1 Å². The standard InChI is InChI=1S/C24H25ClN2O5S/c1-3-31-21-10-8-20(9-11-21)27-33(29,30)22-12-13-23(17(2)14-22)32-16-24(28)26-15-18-4-6-19(25)7-5-18/h4-14,27H,3,15-16H2,1-2H3,(H,26,28). The van der Waals surface area contributed by atoms with Crippen molar-refractivity contribution in [1.82, 2.24) is 5.32 Å². The van der Waals surface area contributed by atoms with E-state index in [0.29, 0.717) is 40.9 Å². The minimum Gasteiger partial charge on any atom is -0.494 e. The molecule has 33 heavy (non-hydrogen) atoms. The third-order valence-electron chi connectivity index (χ3n) is 4.64. The molecule has 0 spiro atoms. The molecule has 0 aliphatic rings. The van der Waals surface area contributed by atoms with Crippen LogP contribution in [0.3, 0.4) is 0 Å². The number of anilines is 1. The molecule has 0 bridgehead atoms. The van der Waals surface area contributed by atoms with Gasteiger partial charge in [-0.05, 0) is 79.6 Å². The minimum atomic E-state index is -3.79. The molecular weight excluding hydrogens is 464 g/mol. The molecule has 0 unspecified atom stereocenters. The third-order valence-corrected chi connectivity index (χ3v) is 6.27. The highest BCUT2D eigenvalue weighted by atomic mass is 35.5. The third kappa shape index (κ3) is 7.13. The van der Waals surface area contributed by atoms with Crippen LogP contribution in [0.2, 0.25) is 5.02 Å². The molecule has 0 aliphatic carbocycles. The molecule has 0 aromatic heterocycles. The average Bonchev–Trinajstić information content (AvgIpc) is 2.79. The van der Waals surface area contributed by atoms with E-state index in [1.807, 2.05) is 19.1 Å². The van der Waals surface area contributed by atoms with E-state index in [9.17, 15) is 13.2 Å². The van der Waals surface area contributed by atoms with E-state index in [1.165, 1.54) is 18.2 Å². The molecule has 174 valence electrons. The summed E-state index contributed by atoms with van der Waals surface area (Å²) in [7, 11) is -3.79. The zero-order chi connectivity index (χ0) is 23.8. The van der Waals surface area contributed by atoms with Crippen LogP contribution in [-0.4, -0.2) is 27.5 Å². The van der Waals surface area contributed by atoms with Gasteiger partial charge in [-0.3, -0.25) is 9.52 Å². The lowest BCUT2D eigenvalue weighted by Gasteiger charge is -2.13. The van der Waals surface area contributed by atoms with E-state index in [0.717, 1.165) is 5.56 Å². The highest BCUT2D eigenvalue weighted by Gasteiger charge is 2.16. The van der Waals surface area contributed by atoms with Gasteiger partial charge in [-0.15, -0.1) is 0 Å². The quantitative estimate of drug-likeness (QED) is 0.437. The second-order valence-corrected chi connectivity index (χ2v) is 9.30. The van der Waals surface area contributed by atoms with E-state index >= 15 is 0 Å². The van der Waals surface area contributed by atoms with Gasteiger partial charge in [0.25, 0.3) is 15.9 Å². The van der Waals surface area contributed by atoms with Gasteiger partial charge in [-0.25, -0.2) is 8.42 Å². The van der Waals surface area contributed by atoms with Crippen LogP contribution in [0.5, 0.6) is 11.5 Å². The Bertz CT molecular complexity index is 1200. The molecule has 3 aromatic carbocycles. The first kappa shape index (κ1) is 24.4. The summed E-state index contributed by atoms with van der Waals surface area (Å²) in [6.07, 6.45) is 0. The lowest BCUT2D eigenvalue weighted by atomic mass is 10.2. The predicted octanol–water partition coefficient (Wildman–Crippen LogP) is 4.54. The van der Waals surface area contributed by atoms with Crippen molar-refractivity contribution in [3.05, 3.63) is 82.9 Å². The monoisotopic (exact) mass is 488 g/mol. The summed E-state index contributed by atoms with van der Waals surface area (Å²) in [6, 6.07) is 18.3. The van der Waals surface area contributed by atoms with Gasteiger partial charge in [-0.1, -0.05) is 23.7 Å². The Balaban J connectivity index is 1.56. The lowest BCUT2D eigenvalue weighted by molar-refractivity contribution is -0.123. The van der Waals surface area contributed by atoms with Gasteiger partial charge in [0.15, 0.2) is 6.61 Å². The Morgan fingerprint density at radius 2 is 1.67 bits per heavy atom. The Morgan fingerprint density at radius 1 is 0.970 bits per heavy atom. The van der Waals surface area contributed by atoms with Gasteiger partial charge in [0, 0.05) is 17.3 Å². The smallest absolute Gasteiger partial charge is 0.261 e. The maximum absolute atomic E-state index is 12.7. The predicted molar refractivity (Wildman–Crippen MR) is 128 cm³/mol. The van der Waals surface area contributed by atoms with Crippen LogP contribution in [0.4, 0.5) is 5.69 Å². The highest BCUT2D eigenvalue weighted by molar-refractivity contribution is 7.92. The first-order valence-electron chi connectivity index (χ1n) is 10.3. The Labute approximate surface area is 198 Å². The highest BCUT2D eigenvalue weighted by Crippen LogP contribution is 2.24. The normalized spacial score (nSPS) is 11.0. The Morgan fingerprint density at radius 3 is 2.30 bits per heavy atom. The zero-order valence-electron chi connectivity index (χ0n) is 18.3. The molecule has 1 amide bonds. The summed E-state index contributed by atoms with van der Waals surface area (Å²) in [5.41, 5.74) is 1.93. The van der Waals surface area contributed by atoms with Crippen molar-refractivity contribution in [3.8, 4) is 11.5 Å². The fraction of sp³-hybridized carbons (Fsp3) is 0.208. The molecule has 0 heterocycles. The second kappa shape index (κ2) is 11.1. The number of carbonyl (C=O) groups is 1. The first-order valence-corrected chi connectivity index (χ1v) is 12.1. The second-order valence-electron chi connectivity index (χ2n) is 7.18. The summed E-state index contributed by atoms with van der Waals surface area (Å²) >= 11 is 5.85. The lowest BCUT2D eigenvalue weighted by Crippen LogP contribution is -2.28. The maximum Gasteiger partial charge on any atom is 0.261 e. The van der Waals surface area contributed by atoms with Crippen LogP contribution < -0.4 is 19.5 Å². The summed E-state index contributed by atoms with van der Waals surface area (Å²) in [5, 5.41) is 3.39. The van der Waals surface area contributed by atoms with Crippen molar-refractivity contribution < 1.29 is 22.7 Å². The Hall–Kier alpha value is -3.23. The summed E-state index contributed by atoms with van der Waals surface area (Å²) in [4.78, 5) is 12.2. The van der Waals surface area contributed by atoms with E-state index in [-0.39, 0.29) is 17.4 Å². The van der Waals surface area contributed by atoms with Crippen LogP contribution in [-0.2, 0) is 21.4 Å². The van der Waals surface area contributed by atoms with Crippen molar-refractivity contribution in [3.63, 3.8) is 0 Å². The largest absolute Gasteiger partial charge is 0.494 e. The first-order chi connectivity index (χ1) is 15.8. The number of halogens is 1. The van der Waals surface area contributed by atoms with Gasteiger partial charge >= 0.3 is 0 Å². The fourth-order valence-electron chi connectivity index (χ4n) is 2.95. The number of amides is 1. The van der Waals surface area contributed by atoms with Crippen molar-refractivity contribution in [2.24, 2.45) is 0 Å². The van der Waals surface area contributed by atoms with Crippen molar-refractivity contribution >= 4 is 33.2 Å². The van der Waals surface area contributed by atoms with Gasteiger partial charge in [-0.2, -0.15) is 0 Å². The topological polar surface area (TPSA) is 93.7 Å². The number of hydrogen-bond donors (Lipinski definition) is 2. The average molecular weight is 489 g/mol. The molecule has 0 saturated carbocycles.